The highest BCUT2D eigenvalue weighted by Crippen LogP contribution is 2.03. The normalized spacial score (nSPS) is 14.2. The molecule has 0 radical (unpaired) electrons. The number of aliphatic carboxylic acids is 2. The SMILES string of the molecule is NC(=O)CCC(NC(=O)C(CC(N)=O)NC(=O)C(N)CS)C(=O)NC(CC(=O)O)C(=O)O. The van der Waals surface area contributed by atoms with E-state index in [2.05, 4.69) is 23.3 Å². The number of hydrogen-bond donors (Lipinski definition) is 9. The van der Waals surface area contributed by atoms with Crippen LogP contribution in [0.2, 0.25) is 0 Å². The molecule has 4 unspecified atom stereocenters. The van der Waals surface area contributed by atoms with Crippen LogP contribution in [0.1, 0.15) is 25.7 Å². The maximum Gasteiger partial charge on any atom is 0.326 e. The van der Waals surface area contributed by atoms with Crippen molar-refractivity contribution in [1.82, 2.24) is 16.0 Å². The Morgan fingerprint density at radius 1 is 0.750 bits per heavy atom. The number of nitrogens with two attached hydrogens (primary N) is 3. The van der Waals surface area contributed by atoms with Gasteiger partial charge < -0.3 is 43.4 Å². The molecule has 0 saturated heterocycles. The molecule has 180 valence electrons. The van der Waals surface area contributed by atoms with Gasteiger partial charge in [-0.25, -0.2) is 4.79 Å². The fraction of sp³-hybridized carbons (Fsp3) is 0.562. The molecule has 11 N–H and O–H groups in total. The predicted molar refractivity (Wildman–Crippen MR) is 110 cm³/mol. The molecule has 15 nitrogen and oxygen atoms in total. The summed E-state index contributed by atoms with van der Waals surface area (Å²) in [5.74, 6) is -8.12. The Balaban J connectivity index is 5.58. The van der Waals surface area contributed by atoms with Crippen LogP contribution in [0.3, 0.4) is 0 Å². The second-order valence-electron chi connectivity index (χ2n) is 6.58. The first-order chi connectivity index (χ1) is 14.8. The van der Waals surface area contributed by atoms with Gasteiger partial charge in [-0.2, -0.15) is 12.6 Å². The summed E-state index contributed by atoms with van der Waals surface area (Å²) in [6.07, 6.45) is -2.43. The highest BCUT2D eigenvalue weighted by molar-refractivity contribution is 7.80. The average Bonchev–Trinajstić information content (AvgIpc) is 2.67. The quantitative estimate of drug-likeness (QED) is 0.102. The molecular formula is C16H26N6O9S. The third-order valence-electron chi connectivity index (χ3n) is 3.88. The Bertz CT molecular complexity index is 762. The summed E-state index contributed by atoms with van der Waals surface area (Å²) < 4.78 is 0. The smallest absolute Gasteiger partial charge is 0.326 e. The molecular weight excluding hydrogens is 452 g/mol. The van der Waals surface area contributed by atoms with Crippen LogP contribution in [0.25, 0.3) is 0 Å². The third kappa shape index (κ3) is 11.1. The summed E-state index contributed by atoms with van der Waals surface area (Å²) in [5, 5.41) is 24.1. The van der Waals surface area contributed by atoms with Gasteiger partial charge in [0.25, 0.3) is 0 Å². The van der Waals surface area contributed by atoms with Gasteiger partial charge in [-0.3, -0.25) is 28.8 Å². The maximum absolute atomic E-state index is 12.6. The predicted octanol–water partition coefficient (Wildman–Crippen LogP) is -4.60. The first kappa shape index (κ1) is 28.6. The molecule has 0 aromatic carbocycles. The number of rotatable bonds is 15. The van der Waals surface area contributed by atoms with E-state index >= 15 is 0 Å². The fourth-order valence-corrected chi connectivity index (χ4v) is 2.41. The molecule has 0 saturated carbocycles. The molecule has 0 aliphatic carbocycles. The molecule has 4 atom stereocenters. The van der Waals surface area contributed by atoms with Gasteiger partial charge >= 0.3 is 11.9 Å². The van der Waals surface area contributed by atoms with Crippen LogP contribution in [-0.4, -0.2) is 81.6 Å². The molecule has 16 heteroatoms. The minimum atomic E-state index is -1.83. The standard InChI is InChI=1S/C16H26N6O9S/c17-6(5-32)13(27)21-8(3-11(19)24)15(29)20-7(1-2-10(18)23)14(28)22-9(16(30)31)4-12(25)26/h6-9,32H,1-5,17H2,(H2,18,23)(H2,19,24)(H,20,29)(H,21,27)(H,22,28)(H,25,26)(H,30,31). The number of amides is 5. The number of primary amides is 2. The van der Waals surface area contributed by atoms with Crippen molar-refractivity contribution in [1.29, 1.82) is 0 Å². The van der Waals surface area contributed by atoms with Crippen molar-refractivity contribution in [3.05, 3.63) is 0 Å². The van der Waals surface area contributed by atoms with E-state index in [0.717, 1.165) is 0 Å². The zero-order valence-electron chi connectivity index (χ0n) is 16.8. The highest BCUT2D eigenvalue weighted by atomic mass is 32.1. The van der Waals surface area contributed by atoms with Crippen molar-refractivity contribution in [2.45, 2.75) is 49.9 Å². The van der Waals surface area contributed by atoms with Gasteiger partial charge in [0.15, 0.2) is 0 Å². The lowest BCUT2D eigenvalue weighted by Gasteiger charge is -2.24. The van der Waals surface area contributed by atoms with Crippen molar-refractivity contribution >= 4 is 54.1 Å². The lowest BCUT2D eigenvalue weighted by Crippen LogP contribution is -2.58. The first-order valence-electron chi connectivity index (χ1n) is 9.07. The highest BCUT2D eigenvalue weighted by Gasteiger charge is 2.31. The van der Waals surface area contributed by atoms with Crippen LogP contribution in [0, 0.1) is 0 Å². The van der Waals surface area contributed by atoms with Crippen LogP contribution >= 0.6 is 12.6 Å². The van der Waals surface area contributed by atoms with Gasteiger partial charge in [0.2, 0.25) is 29.5 Å². The van der Waals surface area contributed by atoms with Gasteiger partial charge in [-0.05, 0) is 6.42 Å². The second-order valence-corrected chi connectivity index (χ2v) is 6.95. The molecule has 0 aliphatic rings. The summed E-state index contributed by atoms with van der Waals surface area (Å²) in [6.45, 7) is 0. The Hall–Kier alpha value is -3.40. The Labute approximate surface area is 187 Å². The van der Waals surface area contributed by atoms with Gasteiger partial charge in [-0.15, -0.1) is 0 Å². The summed E-state index contributed by atoms with van der Waals surface area (Å²) in [6, 6.07) is -6.06. The van der Waals surface area contributed by atoms with E-state index in [0.29, 0.717) is 0 Å². The van der Waals surface area contributed by atoms with Crippen molar-refractivity contribution < 1.29 is 43.8 Å². The summed E-state index contributed by atoms with van der Waals surface area (Å²) in [5.41, 5.74) is 15.6. The molecule has 0 aromatic heterocycles. The molecule has 0 aliphatic heterocycles. The number of hydrogen-bond acceptors (Lipinski definition) is 9. The number of nitrogens with one attached hydrogen (secondary N) is 3. The van der Waals surface area contributed by atoms with Gasteiger partial charge in [-0.1, -0.05) is 0 Å². The van der Waals surface area contributed by atoms with Crippen LogP contribution in [0.15, 0.2) is 0 Å². The summed E-state index contributed by atoms with van der Waals surface area (Å²) in [7, 11) is 0. The Morgan fingerprint density at radius 2 is 1.25 bits per heavy atom. The molecule has 0 rings (SSSR count). The largest absolute Gasteiger partial charge is 0.481 e. The Kier molecular flexibility index (Phi) is 12.3. The first-order valence-corrected chi connectivity index (χ1v) is 9.70. The number of carboxylic acids is 2. The van der Waals surface area contributed by atoms with E-state index < -0.39 is 84.9 Å². The van der Waals surface area contributed by atoms with Crippen LogP contribution < -0.4 is 33.2 Å². The molecule has 0 fully saturated rings. The van der Waals surface area contributed by atoms with Crippen molar-refractivity contribution in [3.63, 3.8) is 0 Å². The van der Waals surface area contributed by atoms with Crippen LogP contribution in [0.4, 0.5) is 0 Å². The van der Waals surface area contributed by atoms with E-state index in [1.807, 2.05) is 5.32 Å². The average molecular weight is 478 g/mol. The molecule has 0 bridgehead atoms. The Morgan fingerprint density at radius 3 is 1.69 bits per heavy atom. The molecule has 5 amide bonds. The number of thiol groups is 1. The fourth-order valence-electron chi connectivity index (χ4n) is 2.25. The van der Waals surface area contributed by atoms with E-state index in [1.165, 1.54) is 0 Å². The van der Waals surface area contributed by atoms with Crippen molar-refractivity contribution in [2.24, 2.45) is 17.2 Å². The molecule has 32 heavy (non-hydrogen) atoms. The monoisotopic (exact) mass is 478 g/mol. The summed E-state index contributed by atoms with van der Waals surface area (Å²) in [4.78, 5) is 81.3. The van der Waals surface area contributed by atoms with E-state index in [9.17, 15) is 33.6 Å². The maximum atomic E-state index is 12.6. The third-order valence-corrected chi connectivity index (χ3v) is 4.27. The second kappa shape index (κ2) is 13.8. The minimum Gasteiger partial charge on any atom is -0.481 e. The van der Waals surface area contributed by atoms with Gasteiger partial charge in [0.1, 0.15) is 18.1 Å². The van der Waals surface area contributed by atoms with E-state index in [-0.39, 0.29) is 12.2 Å². The molecule has 0 spiro atoms. The molecule has 0 aromatic rings. The zero-order valence-corrected chi connectivity index (χ0v) is 17.7. The number of carbonyl (C=O) groups excluding carboxylic acids is 5. The zero-order chi connectivity index (χ0) is 25.0. The van der Waals surface area contributed by atoms with Crippen LogP contribution in [0.5, 0.6) is 0 Å². The van der Waals surface area contributed by atoms with E-state index in [1.54, 1.807) is 0 Å². The number of carboxylic acid groups (broad SMARTS) is 2. The topological polar surface area (TPSA) is 274 Å². The van der Waals surface area contributed by atoms with Crippen molar-refractivity contribution in [2.75, 3.05) is 5.75 Å². The minimum absolute atomic E-state index is 0.0828. The van der Waals surface area contributed by atoms with E-state index in [4.69, 9.17) is 27.4 Å². The van der Waals surface area contributed by atoms with Crippen molar-refractivity contribution in [3.8, 4) is 0 Å². The van der Waals surface area contributed by atoms with Crippen LogP contribution in [-0.2, 0) is 33.6 Å². The number of carbonyl (C=O) groups is 7. The lowest BCUT2D eigenvalue weighted by molar-refractivity contribution is -0.147. The lowest BCUT2D eigenvalue weighted by atomic mass is 10.1. The summed E-state index contributed by atoms with van der Waals surface area (Å²) >= 11 is 3.84. The van der Waals surface area contributed by atoms with Gasteiger partial charge in [0.05, 0.1) is 18.9 Å². The molecule has 0 heterocycles. The van der Waals surface area contributed by atoms with Gasteiger partial charge in [0, 0.05) is 12.2 Å².